The molecule has 6 heteroatoms. The molecule has 1 saturated heterocycles. The molecule has 0 spiro atoms. The minimum Gasteiger partial charge on any atom is -0.494 e. The Morgan fingerprint density at radius 3 is 2.55 bits per heavy atom. The lowest BCUT2D eigenvalue weighted by Crippen LogP contribution is -2.51. The molecule has 1 N–H and O–H groups in total. The summed E-state index contributed by atoms with van der Waals surface area (Å²) >= 11 is 0. The summed E-state index contributed by atoms with van der Waals surface area (Å²) in [6, 6.07) is 18.8. The van der Waals surface area contributed by atoms with E-state index < -0.39 is 6.04 Å². The molecule has 0 saturated carbocycles. The molecule has 2 amide bonds. The molecule has 1 fully saturated rings. The van der Waals surface area contributed by atoms with Crippen molar-refractivity contribution in [1.82, 2.24) is 10.2 Å². The highest BCUT2D eigenvalue weighted by Gasteiger charge is 2.28. The molecule has 3 rings (SSSR count). The van der Waals surface area contributed by atoms with Gasteiger partial charge < -0.3 is 19.7 Å². The Morgan fingerprint density at radius 2 is 1.83 bits per heavy atom. The van der Waals surface area contributed by atoms with Crippen LogP contribution in [0.3, 0.4) is 0 Å². The number of carbonyl (C=O) groups excluding carboxylic acids is 2. The van der Waals surface area contributed by atoms with E-state index >= 15 is 0 Å². The van der Waals surface area contributed by atoms with Crippen molar-refractivity contribution in [1.29, 1.82) is 0 Å². The quantitative estimate of drug-likeness (QED) is 0.697. The second-order valence-corrected chi connectivity index (χ2v) is 7.11. The minimum atomic E-state index is -0.563. The summed E-state index contributed by atoms with van der Waals surface area (Å²) in [4.78, 5) is 26.7. The van der Waals surface area contributed by atoms with Crippen molar-refractivity contribution in [3.8, 4) is 5.75 Å². The van der Waals surface area contributed by atoms with Crippen LogP contribution >= 0.6 is 0 Å². The van der Waals surface area contributed by atoms with Gasteiger partial charge in [0.25, 0.3) is 0 Å². The average Bonchev–Trinajstić information content (AvgIpc) is 2.77. The second-order valence-electron chi connectivity index (χ2n) is 7.11. The summed E-state index contributed by atoms with van der Waals surface area (Å²) in [5.41, 5.74) is 1.06. The largest absolute Gasteiger partial charge is 0.494 e. The van der Waals surface area contributed by atoms with Crippen molar-refractivity contribution in [3.63, 3.8) is 0 Å². The molecule has 154 valence electrons. The van der Waals surface area contributed by atoms with Crippen LogP contribution in [0.5, 0.6) is 5.75 Å². The number of para-hydroxylation sites is 1. The highest BCUT2D eigenvalue weighted by atomic mass is 16.5. The number of hydrogen-bond donors (Lipinski definition) is 1. The Bertz CT molecular complexity index is 782. The van der Waals surface area contributed by atoms with Gasteiger partial charge in [-0.05, 0) is 31.0 Å². The van der Waals surface area contributed by atoms with E-state index in [9.17, 15) is 9.59 Å². The number of morpholine rings is 1. The Balaban J connectivity index is 1.40. The summed E-state index contributed by atoms with van der Waals surface area (Å²) < 4.78 is 11.4. The van der Waals surface area contributed by atoms with Crippen molar-refractivity contribution in [2.24, 2.45) is 0 Å². The summed E-state index contributed by atoms with van der Waals surface area (Å²) in [6.45, 7) is 3.71. The monoisotopic (exact) mass is 396 g/mol. The smallest absolute Gasteiger partial charge is 0.245 e. The van der Waals surface area contributed by atoms with E-state index in [1.807, 2.05) is 60.7 Å². The number of ether oxygens (including phenoxy) is 2. The third-order valence-corrected chi connectivity index (χ3v) is 4.86. The highest BCUT2D eigenvalue weighted by Crippen LogP contribution is 2.22. The van der Waals surface area contributed by atoms with Gasteiger partial charge in [-0.1, -0.05) is 48.5 Å². The van der Waals surface area contributed by atoms with Gasteiger partial charge in [0.15, 0.2) is 0 Å². The number of benzene rings is 2. The van der Waals surface area contributed by atoms with Crippen molar-refractivity contribution in [2.45, 2.75) is 31.9 Å². The normalized spacial score (nSPS) is 17.4. The van der Waals surface area contributed by atoms with Gasteiger partial charge in [-0.3, -0.25) is 9.59 Å². The Kier molecular flexibility index (Phi) is 7.64. The Labute approximate surface area is 171 Å². The van der Waals surface area contributed by atoms with Gasteiger partial charge in [-0.2, -0.15) is 0 Å². The molecule has 6 nitrogen and oxygen atoms in total. The fourth-order valence-corrected chi connectivity index (χ4v) is 3.31. The van der Waals surface area contributed by atoms with E-state index in [1.165, 1.54) is 0 Å². The second kappa shape index (κ2) is 10.6. The van der Waals surface area contributed by atoms with Crippen LogP contribution in [0, 0.1) is 0 Å². The molecule has 1 aliphatic rings. The summed E-state index contributed by atoms with van der Waals surface area (Å²) in [6.07, 6.45) is 0.780. The third-order valence-electron chi connectivity index (χ3n) is 4.86. The molecule has 1 heterocycles. The number of rotatable bonds is 8. The maximum absolute atomic E-state index is 12.8. The molecule has 2 atom stereocenters. The minimum absolute atomic E-state index is 0.0804. The number of nitrogens with zero attached hydrogens (tertiary/aromatic N) is 1. The van der Waals surface area contributed by atoms with E-state index in [2.05, 4.69) is 5.32 Å². The molecular weight excluding hydrogens is 368 g/mol. The number of hydrogen-bond acceptors (Lipinski definition) is 4. The number of amides is 2. The summed E-state index contributed by atoms with van der Waals surface area (Å²) in [5.74, 6) is 0.565. The standard InChI is InChI=1S/C23H28N2O4/c1-18(24-22(26)13-8-15-28-20-11-6-3-7-12-20)23(27)25-14-16-29-21(17-25)19-9-4-2-5-10-19/h2-7,9-12,18,21H,8,13-17H2,1H3,(H,24,26)/t18-,21?/m1/s1. The topological polar surface area (TPSA) is 67.9 Å². The summed E-state index contributed by atoms with van der Waals surface area (Å²) in [5, 5.41) is 2.80. The van der Waals surface area contributed by atoms with E-state index in [0.717, 1.165) is 11.3 Å². The van der Waals surface area contributed by atoms with E-state index in [4.69, 9.17) is 9.47 Å². The van der Waals surface area contributed by atoms with Gasteiger partial charge in [-0.15, -0.1) is 0 Å². The zero-order valence-electron chi connectivity index (χ0n) is 16.8. The van der Waals surface area contributed by atoms with Gasteiger partial charge in [0.2, 0.25) is 11.8 Å². The van der Waals surface area contributed by atoms with Crippen LogP contribution in [0.2, 0.25) is 0 Å². The molecular formula is C23H28N2O4. The van der Waals surface area contributed by atoms with Gasteiger partial charge >= 0.3 is 0 Å². The fraction of sp³-hybridized carbons (Fsp3) is 0.391. The molecule has 1 aliphatic heterocycles. The molecule has 1 unspecified atom stereocenters. The van der Waals surface area contributed by atoms with Gasteiger partial charge in [-0.25, -0.2) is 0 Å². The maximum atomic E-state index is 12.8. The number of nitrogens with one attached hydrogen (secondary N) is 1. The third kappa shape index (κ3) is 6.32. The first-order chi connectivity index (χ1) is 14.1. The van der Waals surface area contributed by atoms with Crippen LogP contribution in [0.25, 0.3) is 0 Å². The first-order valence-electron chi connectivity index (χ1n) is 10.1. The molecule has 2 aromatic rings. The maximum Gasteiger partial charge on any atom is 0.245 e. The van der Waals surface area contributed by atoms with Crippen LogP contribution in [0.15, 0.2) is 60.7 Å². The lowest BCUT2D eigenvalue weighted by molar-refractivity contribution is -0.142. The lowest BCUT2D eigenvalue weighted by atomic mass is 10.1. The average molecular weight is 396 g/mol. The van der Waals surface area contributed by atoms with Crippen LogP contribution < -0.4 is 10.1 Å². The van der Waals surface area contributed by atoms with Crippen molar-refractivity contribution in [2.75, 3.05) is 26.3 Å². The molecule has 29 heavy (non-hydrogen) atoms. The molecule has 0 aliphatic carbocycles. The zero-order valence-corrected chi connectivity index (χ0v) is 16.8. The number of carbonyl (C=O) groups is 2. The van der Waals surface area contributed by atoms with E-state index in [0.29, 0.717) is 39.1 Å². The molecule has 0 bridgehead atoms. The van der Waals surface area contributed by atoms with Crippen molar-refractivity contribution in [3.05, 3.63) is 66.2 Å². The molecule has 0 aromatic heterocycles. The van der Waals surface area contributed by atoms with Crippen LogP contribution in [-0.4, -0.2) is 49.1 Å². The predicted molar refractivity (Wildman–Crippen MR) is 110 cm³/mol. The van der Waals surface area contributed by atoms with E-state index in [-0.39, 0.29) is 17.9 Å². The van der Waals surface area contributed by atoms with E-state index in [1.54, 1.807) is 11.8 Å². The first-order valence-corrected chi connectivity index (χ1v) is 10.1. The molecule has 2 aromatic carbocycles. The zero-order chi connectivity index (χ0) is 20.5. The Hall–Kier alpha value is -2.86. The van der Waals surface area contributed by atoms with Crippen LogP contribution in [-0.2, 0) is 14.3 Å². The van der Waals surface area contributed by atoms with Crippen molar-refractivity contribution >= 4 is 11.8 Å². The van der Waals surface area contributed by atoms with Gasteiger partial charge in [0.05, 0.1) is 19.8 Å². The highest BCUT2D eigenvalue weighted by molar-refractivity contribution is 5.87. The van der Waals surface area contributed by atoms with Gasteiger partial charge in [0, 0.05) is 13.0 Å². The first kappa shape index (κ1) is 20.9. The SMILES string of the molecule is C[C@@H](NC(=O)CCCOc1ccccc1)C(=O)N1CCOC(c2ccccc2)C1. The summed E-state index contributed by atoms with van der Waals surface area (Å²) in [7, 11) is 0. The molecule has 0 radical (unpaired) electrons. The van der Waals surface area contributed by atoms with Crippen molar-refractivity contribution < 1.29 is 19.1 Å². The van der Waals surface area contributed by atoms with Crippen LogP contribution in [0.4, 0.5) is 0 Å². The fourth-order valence-electron chi connectivity index (χ4n) is 3.31. The predicted octanol–water partition coefficient (Wildman–Crippen LogP) is 2.95. The Morgan fingerprint density at radius 1 is 1.14 bits per heavy atom. The van der Waals surface area contributed by atoms with Gasteiger partial charge in [0.1, 0.15) is 17.9 Å². The van der Waals surface area contributed by atoms with Crippen LogP contribution in [0.1, 0.15) is 31.4 Å². The lowest BCUT2D eigenvalue weighted by Gasteiger charge is -2.34.